The van der Waals surface area contributed by atoms with Crippen LogP contribution in [0.4, 0.5) is 0 Å². The Morgan fingerprint density at radius 3 is 2.44 bits per heavy atom. The topological polar surface area (TPSA) is 74.0 Å². The minimum atomic E-state index is -0.257. The maximum absolute atomic E-state index is 12.9. The van der Waals surface area contributed by atoms with Gasteiger partial charge in [-0.15, -0.1) is 0 Å². The van der Waals surface area contributed by atoms with Crippen molar-refractivity contribution in [3.8, 4) is 22.7 Å². The smallest absolute Gasteiger partial charge is 0.272 e. The lowest BCUT2D eigenvalue weighted by Crippen LogP contribution is -2.23. The van der Waals surface area contributed by atoms with Crippen molar-refractivity contribution in [2.45, 2.75) is 27.1 Å². The van der Waals surface area contributed by atoms with Crippen molar-refractivity contribution >= 4 is 5.91 Å². The predicted octanol–water partition coefficient (Wildman–Crippen LogP) is 5.32. The second-order valence-corrected chi connectivity index (χ2v) is 8.61. The van der Waals surface area contributed by atoms with Gasteiger partial charge in [0.1, 0.15) is 11.4 Å². The van der Waals surface area contributed by atoms with E-state index in [1.54, 1.807) is 16.9 Å². The molecule has 0 spiro atoms. The first-order valence-electron chi connectivity index (χ1n) is 11.8. The van der Waals surface area contributed by atoms with Crippen LogP contribution in [-0.4, -0.2) is 25.5 Å². The molecule has 0 atom stereocenters. The zero-order valence-electron chi connectivity index (χ0n) is 20.3. The van der Waals surface area contributed by atoms with Gasteiger partial charge >= 0.3 is 0 Å². The van der Waals surface area contributed by atoms with E-state index in [0.29, 0.717) is 12.2 Å². The maximum atomic E-state index is 12.9. The SMILES string of the molecule is Cc1ccc(C)c(OCn2ccc(C(=O)NCc3cn(-c4ccccc4)nc3-c3ccccc3)n2)c1. The number of carbonyl (C=O) groups excluding carboxylic acids is 1. The molecule has 7 heteroatoms. The molecule has 0 bridgehead atoms. The minimum Gasteiger partial charge on any atom is -0.471 e. The van der Waals surface area contributed by atoms with E-state index < -0.39 is 0 Å². The van der Waals surface area contributed by atoms with Gasteiger partial charge in [-0.05, 0) is 49.2 Å². The molecule has 5 aromatic rings. The molecular formula is C29H27N5O2. The molecule has 0 unspecified atom stereocenters. The van der Waals surface area contributed by atoms with E-state index in [1.165, 1.54) is 0 Å². The number of hydrogen-bond donors (Lipinski definition) is 1. The second kappa shape index (κ2) is 10.3. The summed E-state index contributed by atoms with van der Waals surface area (Å²) in [5.74, 6) is 0.548. The van der Waals surface area contributed by atoms with Crippen molar-refractivity contribution in [2.24, 2.45) is 0 Å². The average Bonchev–Trinajstić information content (AvgIpc) is 3.57. The predicted molar refractivity (Wildman–Crippen MR) is 139 cm³/mol. The summed E-state index contributed by atoms with van der Waals surface area (Å²) in [4.78, 5) is 12.9. The van der Waals surface area contributed by atoms with Crippen LogP contribution in [0.15, 0.2) is 97.3 Å². The van der Waals surface area contributed by atoms with Crippen LogP contribution in [0.25, 0.3) is 16.9 Å². The molecule has 0 fully saturated rings. The van der Waals surface area contributed by atoms with E-state index in [4.69, 9.17) is 9.84 Å². The monoisotopic (exact) mass is 477 g/mol. The molecule has 0 aliphatic carbocycles. The molecule has 36 heavy (non-hydrogen) atoms. The van der Waals surface area contributed by atoms with Crippen molar-refractivity contribution in [1.29, 1.82) is 0 Å². The number of aromatic nitrogens is 4. The average molecular weight is 478 g/mol. The highest BCUT2D eigenvalue weighted by molar-refractivity contribution is 5.92. The van der Waals surface area contributed by atoms with Gasteiger partial charge in [-0.25, -0.2) is 9.36 Å². The normalized spacial score (nSPS) is 10.8. The second-order valence-electron chi connectivity index (χ2n) is 8.61. The number of nitrogens with zero attached hydrogens (tertiary/aromatic N) is 4. The van der Waals surface area contributed by atoms with Gasteiger partial charge in [0.25, 0.3) is 5.91 Å². The number of ether oxygens (including phenoxy) is 1. The molecule has 1 amide bonds. The van der Waals surface area contributed by atoms with Gasteiger partial charge in [0.05, 0.1) is 11.4 Å². The van der Waals surface area contributed by atoms with E-state index in [2.05, 4.69) is 10.4 Å². The van der Waals surface area contributed by atoms with E-state index >= 15 is 0 Å². The number of rotatable bonds is 8. The Kier molecular flexibility index (Phi) is 6.62. The molecule has 2 aromatic heterocycles. The molecule has 1 N–H and O–H groups in total. The third-order valence-corrected chi connectivity index (χ3v) is 5.87. The van der Waals surface area contributed by atoms with Crippen LogP contribution in [-0.2, 0) is 13.3 Å². The Morgan fingerprint density at radius 1 is 0.917 bits per heavy atom. The van der Waals surface area contributed by atoms with E-state index in [-0.39, 0.29) is 12.6 Å². The first-order chi connectivity index (χ1) is 17.6. The van der Waals surface area contributed by atoms with E-state index in [1.807, 2.05) is 104 Å². The quantitative estimate of drug-likeness (QED) is 0.328. The Hall–Kier alpha value is -4.65. The van der Waals surface area contributed by atoms with E-state index in [9.17, 15) is 4.79 Å². The minimum absolute atomic E-state index is 0.222. The zero-order valence-corrected chi connectivity index (χ0v) is 20.3. The fourth-order valence-corrected chi connectivity index (χ4v) is 3.91. The third kappa shape index (κ3) is 5.20. The lowest BCUT2D eigenvalue weighted by molar-refractivity contribution is 0.0944. The highest BCUT2D eigenvalue weighted by Gasteiger charge is 2.15. The number of benzene rings is 3. The van der Waals surface area contributed by atoms with Crippen LogP contribution in [0, 0.1) is 13.8 Å². The Morgan fingerprint density at radius 2 is 1.67 bits per heavy atom. The summed E-state index contributed by atoms with van der Waals surface area (Å²) in [6, 6.07) is 27.6. The highest BCUT2D eigenvalue weighted by atomic mass is 16.5. The van der Waals surface area contributed by atoms with Crippen molar-refractivity contribution in [1.82, 2.24) is 24.9 Å². The van der Waals surface area contributed by atoms with Crippen molar-refractivity contribution < 1.29 is 9.53 Å². The van der Waals surface area contributed by atoms with Gasteiger partial charge in [0.15, 0.2) is 6.73 Å². The summed E-state index contributed by atoms with van der Waals surface area (Å²) >= 11 is 0. The fraction of sp³-hybridized carbons (Fsp3) is 0.138. The van der Waals surface area contributed by atoms with Gasteiger partial charge < -0.3 is 10.1 Å². The molecule has 0 aliphatic rings. The molecule has 0 aliphatic heterocycles. The van der Waals surface area contributed by atoms with Crippen LogP contribution in [0.1, 0.15) is 27.2 Å². The van der Waals surface area contributed by atoms with Gasteiger partial charge in [0, 0.05) is 30.1 Å². The lowest BCUT2D eigenvalue weighted by Gasteiger charge is -2.09. The molecule has 2 heterocycles. The van der Waals surface area contributed by atoms with Crippen LogP contribution < -0.4 is 10.1 Å². The molecule has 180 valence electrons. The number of aryl methyl sites for hydroxylation is 2. The third-order valence-electron chi connectivity index (χ3n) is 5.87. The summed E-state index contributed by atoms with van der Waals surface area (Å²) in [5, 5.41) is 12.2. The van der Waals surface area contributed by atoms with E-state index in [0.717, 1.165) is 39.4 Å². The molecule has 0 saturated heterocycles. The molecule has 0 radical (unpaired) electrons. The maximum Gasteiger partial charge on any atom is 0.272 e. The summed E-state index contributed by atoms with van der Waals surface area (Å²) in [5.41, 5.74) is 6.19. The first kappa shape index (κ1) is 23.1. The summed E-state index contributed by atoms with van der Waals surface area (Å²) in [6.07, 6.45) is 3.69. The number of carbonyl (C=O) groups is 1. The van der Waals surface area contributed by atoms with Crippen LogP contribution in [0.3, 0.4) is 0 Å². The Labute approximate surface area is 210 Å². The lowest BCUT2D eigenvalue weighted by atomic mass is 10.1. The molecule has 0 saturated carbocycles. The Bertz CT molecular complexity index is 1470. The molecule has 7 nitrogen and oxygen atoms in total. The molecule has 3 aromatic carbocycles. The van der Waals surface area contributed by atoms with Gasteiger partial charge in [-0.3, -0.25) is 4.79 Å². The van der Waals surface area contributed by atoms with Crippen molar-refractivity contribution in [3.05, 3.63) is 120 Å². The standard InChI is InChI=1S/C29H27N5O2/c1-21-13-14-22(2)27(17-21)36-20-33-16-15-26(31-33)29(35)30-18-24-19-34(25-11-7-4-8-12-25)32-28(24)23-9-5-3-6-10-23/h3-17,19H,18,20H2,1-2H3,(H,30,35). The van der Waals surface area contributed by atoms with Crippen LogP contribution in [0.2, 0.25) is 0 Å². The number of para-hydroxylation sites is 1. The number of amides is 1. The summed E-state index contributed by atoms with van der Waals surface area (Å²) in [6.45, 7) is 4.57. The fourth-order valence-electron chi connectivity index (χ4n) is 3.91. The molecule has 5 rings (SSSR count). The van der Waals surface area contributed by atoms with Crippen molar-refractivity contribution in [3.63, 3.8) is 0 Å². The first-order valence-corrected chi connectivity index (χ1v) is 11.8. The van der Waals surface area contributed by atoms with Crippen LogP contribution in [0.5, 0.6) is 5.75 Å². The summed E-state index contributed by atoms with van der Waals surface area (Å²) in [7, 11) is 0. The van der Waals surface area contributed by atoms with Crippen LogP contribution >= 0.6 is 0 Å². The number of hydrogen-bond acceptors (Lipinski definition) is 4. The van der Waals surface area contributed by atoms with Gasteiger partial charge in [-0.2, -0.15) is 10.2 Å². The summed E-state index contributed by atoms with van der Waals surface area (Å²) < 4.78 is 9.34. The van der Waals surface area contributed by atoms with Crippen molar-refractivity contribution in [2.75, 3.05) is 0 Å². The Balaban J connectivity index is 1.28. The zero-order chi connectivity index (χ0) is 24.9. The largest absolute Gasteiger partial charge is 0.471 e. The van der Waals surface area contributed by atoms with Gasteiger partial charge in [0.2, 0.25) is 0 Å². The number of nitrogens with one attached hydrogen (secondary N) is 1. The highest BCUT2D eigenvalue weighted by Crippen LogP contribution is 2.24. The van der Waals surface area contributed by atoms with Gasteiger partial charge in [-0.1, -0.05) is 60.7 Å². The molecular weight excluding hydrogens is 450 g/mol.